The molecule has 2 aromatic rings. The first-order valence-corrected chi connectivity index (χ1v) is 9.45. The van der Waals surface area contributed by atoms with E-state index < -0.39 is 25.4 Å². The van der Waals surface area contributed by atoms with Gasteiger partial charge in [-0.2, -0.15) is 8.42 Å². The van der Waals surface area contributed by atoms with Gasteiger partial charge in [-0.1, -0.05) is 0 Å². The molecule has 0 radical (unpaired) electrons. The quantitative estimate of drug-likeness (QED) is 0.824. The number of pyridine rings is 1. The number of aromatic nitrogens is 1. The standard InChI is InChI=1S/C12H13NO6S2/c1-7-4-8-9(5-11(7)20(2,15)16)13-6-10(12(8)14)19-21(3,17)18/h4-6H,1-3H3,(H,13,14). The van der Waals surface area contributed by atoms with E-state index in [0.717, 1.165) is 18.7 Å². The van der Waals surface area contributed by atoms with Crippen LogP contribution in [0.25, 0.3) is 10.9 Å². The molecule has 2 rings (SSSR count). The average Bonchev–Trinajstić information content (AvgIpc) is 2.30. The minimum absolute atomic E-state index is 0.0995. The number of sulfone groups is 1. The maximum Gasteiger partial charge on any atom is 0.306 e. The molecule has 9 heteroatoms. The first-order chi connectivity index (χ1) is 9.49. The lowest BCUT2D eigenvalue weighted by Crippen LogP contribution is -2.14. The van der Waals surface area contributed by atoms with Gasteiger partial charge in [-0.3, -0.25) is 4.79 Å². The number of hydrogen-bond donors (Lipinski definition) is 1. The molecule has 0 bridgehead atoms. The van der Waals surface area contributed by atoms with E-state index in [1.807, 2.05) is 0 Å². The normalized spacial score (nSPS) is 12.5. The number of aromatic amines is 1. The predicted octanol–water partition coefficient (Wildman–Crippen LogP) is 0.578. The molecular weight excluding hydrogens is 318 g/mol. The number of H-pyrrole nitrogens is 1. The number of fused-ring (bicyclic) bond motifs is 1. The molecule has 1 N–H and O–H groups in total. The van der Waals surface area contributed by atoms with Crippen LogP contribution in [0, 0.1) is 6.92 Å². The molecule has 1 heterocycles. The Balaban J connectivity index is 2.77. The van der Waals surface area contributed by atoms with E-state index in [0.29, 0.717) is 5.56 Å². The summed E-state index contributed by atoms with van der Waals surface area (Å²) in [6.07, 6.45) is 2.99. The van der Waals surface area contributed by atoms with E-state index in [1.165, 1.54) is 12.1 Å². The molecule has 0 spiro atoms. The minimum Gasteiger partial charge on any atom is -0.377 e. The van der Waals surface area contributed by atoms with Gasteiger partial charge in [-0.25, -0.2) is 8.42 Å². The van der Waals surface area contributed by atoms with Gasteiger partial charge in [0.2, 0.25) is 11.2 Å². The average molecular weight is 331 g/mol. The Morgan fingerprint density at radius 2 is 1.71 bits per heavy atom. The van der Waals surface area contributed by atoms with Crippen LogP contribution in [-0.4, -0.2) is 34.3 Å². The molecule has 0 aliphatic rings. The molecule has 0 amide bonds. The van der Waals surface area contributed by atoms with Crippen LogP contribution in [0.4, 0.5) is 0 Å². The van der Waals surface area contributed by atoms with E-state index in [2.05, 4.69) is 9.17 Å². The summed E-state index contributed by atoms with van der Waals surface area (Å²) in [6.45, 7) is 1.55. The van der Waals surface area contributed by atoms with E-state index in [9.17, 15) is 21.6 Å². The van der Waals surface area contributed by atoms with Crippen LogP contribution < -0.4 is 9.61 Å². The molecule has 114 valence electrons. The maximum atomic E-state index is 12.2. The lowest BCUT2D eigenvalue weighted by atomic mass is 10.1. The zero-order chi connectivity index (χ0) is 16.0. The van der Waals surface area contributed by atoms with Gasteiger partial charge in [-0.15, -0.1) is 0 Å². The van der Waals surface area contributed by atoms with Gasteiger partial charge in [0.25, 0.3) is 0 Å². The Labute approximate surface area is 121 Å². The number of hydrogen-bond acceptors (Lipinski definition) is 6. The van der Waals surface area contributed by atoms with Crippen LogP contribution in [0.2, 0.25) is 0 Å². The van der Waals surface area contributed by atoms with Gasteiger partial charge in [0.1, 0.15) is 0 Å². The highest BCUT2D eigenvalue weighted by molar-refractivity contribution is 7.90. The van der Waals surface area contributed by atoms with Crippen LogP contribution in [0.1, 0.15) is 5.56 Å². The van der Waals surface area contributed by atoms with Gasteiger partial charge in [-0.05, 0) is 24.6 Å². The first-order valence-electron chi connectivity index (χ1n) is 5.74. The fourth-order valence-corrected chi connectivity index (χ4v) is 3.39. The molecular formula is C12H13NO6S2. The maximum absolute atomic E-state index is 12.2. The largest absolute Gasteiger partial charge is 0.377 e. The molecule has 0 saturated carbocycles. The zero-order valence-corrected chi connectivity index (χ0v) is 13.1. The number of rotatable bonds is 3. The lowest BCUT2D eigenvalue weighted by molar-refractivity contribution is 0.490. The molecule has 0 saturated heterocycles. The summed E-state index contributed by atoms with van der Waals surface area (Å²) >= 11 is 0. The van der Waals surface area contributed by atoms with Crippen molar-refractivity contribution in [2.75, 3.05) is 12.5 Å². The zero-order valence-electron chi connectivity index (χ0n) is 11.5. The fraction of sp³-hybridized carbons (Fsp3) is 0.250. The summed E-state index contributed by atoms with van der Waals surface area (Å²) in [5.74, 6) is -0.364. The molecule has 0 fully saturated rings. The van der Waals surface area contributed by atoms with Crippen LogP contribution in [0.15, 0.2) is 28.0 Å². The van der Waals surface area contributed by atoms with Crippen LogP contribution in [0.5, 0.6) is 5.75 Å². The molecule has 0 unspecified atom stereocenters. The summed E-state index contributed by atoms with van der Waals surface area (Å²) in [4.78, 5) is 14.9. The van der Waals surface area contributed by atoms with Crippen molar-refractivity contribution >= 4 is 30.9 Å². The third-order valence-corrected chi connectivity index (χ3v) is 4.50. The highest BCUT2D eigenvalue weighted by Crippen LogP contribution is 2.21. The molecule has 0 aliphatic heterocycles. The summed E-state index contributed by atoms with van der Waals surface area (Å²) in [5, 5.41) is 0.154. The fourth-order valence-electron chi connectivity index (χ4n) is 1.96. The van der Waals surface area contributed by atoms with Crippen LogP contribution >= 0.6 is 0 Å². The van der Waals surface area contributed by atoms with E-state index in [-0.39, 0.29) is 21.5 Å². The van der Waals surface area contributed by atoms with Gasteiger partial charge < -0.3 is 9.17 Å². The highest BCUT2D eigenvalue weighted by atomic mass is 32.2. The smallest absolute Gasteiger partial charge is 0.306 e. The Hall–Kier alpha value is -1.87. The summed E-state index contributed by atoms with van der Waals surface area (Å²) in [5.41, 5.74) is 0.0520. The Morgan fingerprint density at radius 1 is 1.10 bits per heavy atom. The number of aryl methyl sites for hydroxylation is 1. The van der Waals surface area contributed by atoms with Crippen molar-refractivity contribution in [3.05, 3.63) is 34.1 Å². The van der Waals surface area contributed by atoms with Gasteiger partial charge >= 0.3 is 10.1 Å². The number of nitrogens with one attached hydrogen (secondary N) is 1. The lowest BCUT2D eigenvalue weighted by Gasteiger charge is -2.08. The van der Waals surface area contributed by atoms with Gasteiger partial charge in [0, 0.05) is 17.8 Å². The summed E-state index contributed by atoms with van der Waals surface area (Å²) in [6, 6.07) is 2.73. The van der Waals surface area contributed by atoms with Crippen molar-refractivity contribution < 1.29 is 21.0 Å². The topological polar surface area (TPSA) is 110 Å². The van der Waals surface area contributed by atoms with Crippen molar-refractivity contribution in [3.63, 3.8) is 0 Å². The van der Waals surface area contributed by atoms with E-state index in [4.69, 9.17) is 0 Å². The minimum atomic E-state index is -3.83. The van der Waals surface area contributed by atoms with Crippen molar-refractivity contribution in [2.45, 2.75) is 11.8 Å². The molecule has 1 aromatic carbocycles. The Bertz CT molecular complexity index is 986. The van der Waals surface area contributed by atoms with Gasteiger partial charge in [0.15, 0.2) is 9.84 Å². The number of benzene rings is 1. The van der Waals surface area contributed by atoms with E-state index in [1.54, 1.807) is 6.92 Å². The van der Waals surface area contributed by atoms with Crippen LogP contribution in [0.3, 0.4) is 0 Å². The molecule has 7 nitrogen and oxygen atoms in total. The monoisotopic (exact) mass is 331 g/mol. The highest BCUT2D eigenvalue weighted by Gasteiger charge is 2.16. The Kier molecular flexibility index (Phi) is 3.58. The summed E-state index contributed by atoms with van der Waals surface area (Å²) < 4.78 is 50.0. The second-order valence-corrected chi connectivity index (χ2v) is 8.26. The van der Waals surface area contributed by atoms with Crippen molar-refractivity contribution in [2.24, 2.45) is 0 Å². The molecule has 0 atom stereocenters. The van der Waals surface area contributed by atoms with Gasteiger partial charge in [0.05, 0.1) is 16.7 Å². The third kappa shape index (κ3) is 3.24. The Morgan fingerprint density at radius 3 is 2.24 bits per heavy atom. The first kappa shape index (κ1) is 15.5. The predicted molar refractivity (Wildman–Crippen MR) is 77.9 cm³/mol. The molecule has 1 aromatic heterocycles. The van der Waals surface area contributed by atoms with Crippen LogP contribution in [-0.2, 0) is 20.0 Å². The summed E-state index contributed by atoms with van der Waals surface area (Å²) in [7, 11) is -7.25. The third-order valence-electron chi connectivity index (χ3n) is 2.78. The van der Waals surface area contributed by atoms with Crippen molar-refractivity contribution in [1.82, 2.24) is 4.98 Å². The molecule has 21 heavy (non-hydrogen) atoms. The second kappa shape index (κ2) is 4.85. The molecule has 0 aliphatic carbocycles. The van der Waals surface area contributed by atoms with E-state index >= 15 is 0 Å². The second-order valence-electron chi connectivity index (χ2n) is 4.70. The SMILES string of the molecule is Cc1cc2c(=O)c(OS(C)(=O)=O)c[nH]c2cc1S(C)(=O)=O. The van der Waals surface area contributed by atoms with Crippen molar-refractivity contribution in [1.29, 1.82) is 0 Å². The van der Waals surface area contributed by atoms with Crippen molar-refractivity contribution in [3.8, 4) is 5.75 Å².